The molecule has 0 aliphatic carbocycles. The van der Waals surface area contributed by atoms with E-state index in [-0.39, 0.29) is 17.0 Å². The van der Waals surface area contributed by atoms with E-state index < -0.39 is 0 Å². The van der Waals surface area contributed by atoms with E-state index in [0.717, 1.165) is 62.0 Å². The number of nitrogens with zero attached hydrogens (tertiary/aromatic N) is 1. The minimum Gasteiger partial charge on any atom is -0.492 e. The lowest BCUT2D eigenvalue weighted by atomic mass is 9.88. The van der Waals surface area contributed by atoms with Gasteiger partial charge in [0.2, 0.25) is 0 Å². The van der Waals surface area contributed by atoms with Crippen LogP contribution in [0.3, 0.4) is 0 Å². The number of hydrogen-bond donors (Lipinski definition) is 2. The van der Waals surface area contributed by atoms with Gasteiger partial charge < -0.3 is 19.9 Å². The number of H-pyrrole nitrogens is 1. The Hall–Kier alpha value is -2.83. The number of amides is 1. The molecule has 1 unspecified atom stereocenters. The summed E-state index contributed by atoms with van der Waals surface area (Å²) >= 11 is 6.59. The van der Waals surface area contributed by atoms with Crippen molar-refractivity contribution in [1.29, 1.82) is 0 Å². The van der Waals surface area contributed by atoms with Crippen molar-refractivity contribution < 1.29 is 9.53 Å². The zero-order valence-corrected chi connectivity index (χ0v) is 22.8. The molecule has 2 N–H and O–H groups in total. The van der Waals surface area contributed by atoms with Gasteiger partial charge in [0.25, 0.3) is 11.5 Å². The average molecular weight is 522 g/mol. The zero-order chi connectivity index (χ0) is 26.2. The van der Waals surface area contributed by atoms with Gasteiger partial charge >= 0.3 is 0 Å². The highest BCUT2D eigenvalue weighted by Gasteiger charge is 2.28. The van der Waals surface area contributed by atoms with E-state index in [1.807, 2.05) is 30.9 Å². The molecule has 0 spiro atoms. The van der Waals surface area contributed by atoms with Crippen molar-refractivity contribution in [2.75, 3.05) is 26.2 Å². The number of fused-ring (bicyclic) bond motifs is 1. The van der Waals surface area contributed by atoms with Gasteiger partial charge in [-0.3, -0.25) is 9.59 Å². The number of likely N-dealkylation sites (tertiary alicyclic amines) is 1. The van der Waals surface area contributed by atoms with Crippen molar-refractivity contribution in [2.24, 2.45) is 0 Å². The molecule has 0 saturated carbocycles. The maximum atomic E-state index is 13.5. The van der Waals surface area contributed by atoms with Crippen LogP contribution in [0, 0.1) is 13.8 Å². The summed E-state index contributed by atoms with van der Waals surface area (Å²) in [5, 5.41) is 4.67. The summed E-state index contributed by atoms with van der Waals surface area (Å²) in [6.07, 6.45) is 6.32. The summed E-state index contributed by atoms with van der Waals surface area (Å²) in [4.78, 5) is 31.6. The highest BCUT2D eigenvalue weighted by molar-refractivity contribution is 6.34. The maximum Gasteiger partial charge on any atom is 0.260 e. The normalized spacial score (nSPS) is 19.9. The van der Waals surface area contributed by atoms with Crippen molar-refractivity contribution in [3.05, 3.63) is 62.4 Å². The van der Waals surface area contributed by atoms with E-state index in [9.17, 15) is 9.59 Å². The van der Waals surface area contributed by atoms with E-state index in [2.05, 4.69) is 23.3 Å². The number of aromatic nitrogens is 1. The molecule has 7 heteroatoms. The van der Waals surface area contributed by atoms with Crippen LogP contribution in [0.15, 0.2) is 35.1 Å². The number of rotatable bonds is 6. The fraction of sp³-hybridized carbons (Fsp3) is 0.467. The molecule has 2 aliphatic rings. The second-order valence-corrected chi connectivity index (χ2v) is 11.4. The van der Waals surface area contributed by atoms with E-state index in [4.69, 9.17) is 16.3 Å². The van der Waals surface area contributed by atoms with Crippen molar-refractivity contribution in [3.8, 4) is 16.9 Å². The van der Waals surface area contributed by atoms with Gasteiger partial charge in [0.05, 0.1) is 28.3 Å². The first kappa shape index (κ1) is 25.8. The maximum absolute atomic E-state index is 13.5. The number of carbonyl (C=O) groups is 1. The summed E-state index contributed by atoms with van der Waals surface area (Å²) in [7, 11) is 0. The molecular weight excluding hydrogens is 486 g/mol. The Morgan fingerprint density at radius 2 is 1.78 bits per heavy atom. The first-order valence-corrected chi connectivity index (χ1v) is 13.8. The molecule has 0 bridgehead atoms. The molecule has 1 amide bonds. The predicted molar refractivity (Wildman–Crippen MR) is 150 cm³/mol. The Morgan fingerprint density at radius 1 is 1.05 bits per heavy atom. The summed E-state index contributed by atoms with van der Waals surface area (Å²) in [6.45, 7) is 9.23. The van der Waals surface area contributed by atoms with Gasteiger partial charge in [-0.1, -0.05) is 47.3 Å². The minimum atomic E-state index is -0.232. The van der Waals surface area contributed by atoms with Crippen LogP contribution in [0.4, 0.5) is 0 Å². The molecular formula is C30H36ClN3O3. The van der Waals surface area contributed by atoms with Gasteiger partial charge in [-0.25, -0.2) is 0 Å². The second-order valence-electron chi connectivity index (χ2n) is 11.0. The first-order valence-electron chi connectivity index (χ1n) is 13.4. The van der Waals surface area contributed by atoms with Crippen molar-refractivity contribution >= 4 is 28.4 Å². The topological polar surface area (TPSA) is 74.4 Å². The Bertz CT molecular complexity index is 1360. The summed E-state index contributed by atoms with van der Waals surface area (Å²) < 4.78 is 6.51. The van der Waals surface area contributed by atoms with Gasteiger partial charge in [0.15, 0.2) is 0 Å². The van der Waals surface area contributed by atoms with Crippen molar-refractivity contribution in [3.63, 3.8) is 0 Å². The SMILES string of the molecule is Cc1cc(C)cc(-c2c(OCCC3(C)CCCCN3)c3cc(C(=O)N4CCCC4)c(Cl)cc3[nH]c2=O)c1. The quantitative estimate of drug-likeness (QED) is 0.417. The molecule has 2 aliphatic heterocycles. The lowest BCUT2D eigenvalue weighted by Crippen LogP contribution is -2.46. The summed E-state index contributed by atoms with van der Waals surface area (Å²) in [5.41, 5.74) is 4.22. The Morgan fingerprint density at radius 3 is 2.46 bits per heavy atom. The van der Waals surface area contributed by atoms with Gasteiger partial charge in [0, 0.05) is 24.0 Å². The molecule has 2 saturated heterocycles. The van der Waals surface area contributed by atoms with Crippen LogP contribution in [0.5, 0.6) is 5.75 Å². The van der Waals surface area contributed by atoms with Gasteiger partial charge in [-0.15, -0.1) is 0 Å². The molecule has 2 aromatic carbocycles. The van der Waals surface area contributed by atoms with Crippen LogP contribution < -0.4 is 15.6 Å². The number of ether oxygens (including phenoxy) is 1. The van der Waals surface area contributed by atoms with Crippen molar-refractivity contribution in [2.45, 2.75) is 64.8 Å². The lowest BCUT2D eigenvalue weighted by Gasteiger charge is -2.35. The minimum absolute atomic E-state index is 0.00945. The number of pyridine rings is 1. The number of hydrogen-bond acceptors (Lipinski definition) is 4. The molecule has 196 valence electrons. The number of piperidine rings is 1. The van der Waals surface area contributed by atoms with E-state index in [1.54, 1.807) is 12.1 Å². The van der Waals surface area contributed by atoms with Gasteiger partial charge in [0.1, 0.15) is 5.75 Å². The van der Waals surface area contributed by atoms with E-state index in [0.29, 0.717) is 39.4 Å². The molecule has 1 atom stereocenters. The third-order valence-corrected chi connectivity index (χ3v) is 8.11. The Labute approximate surface area is 223 Å². The molecule has 1 aromatic heterocycles. The molecule has 3 aromatic rings. The largest absolute Gasteiger partial charge is 0.492 e. The summed E-state index contributed by atoms with van der Waals surface area (Å²) in [6, 6.07) is 9.58. The van der Waals surface area contributed by atoms with Crippen LogP contribution >= 0.6 is 11.6 Å². The van der Waals surface area contributed by atoms with Crippen LogP contribution in [0.2, 0.25) is 5.02 Å². The highest BCUT2D eigenvalue weighted by atomic mass is 35.5. The molecule has 6 nitrogen and oxygen atoms in total. The van der Waals surface area contributed by atoms with Gasteiger partial charge in [-0.05, 0) is 77.1 Å². The number of benzene rings is 2. The molecule has 37 heavy (non-hydrogen) atoms. The first-order chi connectivity index (χ1) is 17.7. The standard InChI is InChI=1S/C30H36ClN3O3/c1-19-14-20(2)16-21(15-19)26-27(37-13-9-30(3)8-4-5-10-32-30)23-17-22(29(36)34-11-6-7-12-34)24(31)18-25(23)33-28(26)35/h14-18,32H,4-13H2,1-3H3,(H,33,35). The number of nitrogens with one attached hydrogen (secondary N) is 2. The van der Waals surface area contributed by atoms with Crippen LogP contribution in [0.1, 0.15) is 66.9 Å². The predicted octanol–water partition coefficient (Wildman–Crippen LogP) is 6.00. The molecule has 2 fully saturated rings. The van der Waals surface area contributed by atoms with E-state index >= 15 is 0 Å². The second kappa shape index (κ2) is 10.5. The third-order valence-electron chi connectivity index (χ3n) is 7.80. The van der Waals surface area contributed by atoms with Crippen LogP contribution in [0.25, 0.3) is 22.0 Å². The number of carbonyl (C=O) groups excluding carboxylic acids is 1. The number of aromatic amines is 1. The molecule has 3 heterocycles. The van der Waals surface area contributed by atoms with Crippen LogP contribution in [-0.2, 0) is 0 Å². The monoisotopic (exact) mass is 521 g/mol. The average Bonchev–Trinajstić information content (AvgIpc) is 3.38. The zero-order valence-electron chi connectivity index (χ0n) is 22.0. The van der Waals surface area contributed by atoms with Crippen molar-refractivity contribution in [1.82, 2.24) is 15.2 Å². The molecule has 0 radical (unpaired) electrons. The van der Waals surface area contributed by atoms with Crippen LogP contribution in [-0.4, -0.2) is 47.6 Å². The number of halogens is 1. The number of aryl methyl sites for hydroxylation is 2. The third kappa shape index (κ3) is 5.41. The molecule has 5 rings (SSSR count). The Kier molecular flexibility index (Phi) is 7.32. The fourth-order valence-electron chi connectivity index (χ4n) is 5.78. The Balaban J connectivity index is 1.62. The van der Waals surface area contributed by atoms with Gasteiger partial charge in [-0.2, -0.15) is 0 Å². The summed E-state index contributed by atoms with van der Waals surface area (Å²) in [5.74, 6) is 0.434. The van der Waals surface area contributed by atoms with E-state index in [1.165, 1.54) is 12.8 Å². The smallest absolute Gasteiger partial charge is 0.260 e. The lowest BCUT2D eigenvalue weighted by molar-refractivity contribution is 0.0793. The fourth-order valence-corrected chi connectivity index (χ4v) is 6.03. The highest BCUT2D eigenvalue weighted by Crippen LogP contribution is 2.37.